The van der Waals surface area contributed by atoms with Gasteiger partial charge < -0.3 is 9.84 Å². The SMILES string of the molecule is COc1cccc2c1C(=O)C1=C(C2=O)C(O)=CC(C)(C)S1. The fourth-order valence-electron chi connectivity index (χ4n) is 2.61. The van der Waals surface area contributed by atoms with Gasteiger partial charge in [0.05, 0.1) is 23.2 Å². The van der Waals surface area contributed by atoms with Crippen molar-refractivity contribution in [2.24, 2.45) is 0 Å². The molecule has 2 aliphatic rings. The average molecular weight is 302 g/mol. The fraction of sp³-hybridized carbons (Fsp3) is 0.250. The van der Waals surface area contributed by atoms with Crippen LogP contribution in [0.3, 0.4) is 0 Å². The van der Waals surface area contributed by atoms with Crippen LogP contribution in [0, 0.1) is 0 Å². The van der Waals surface area contributed by atoms with Crippen LogP contribution in [0.4, 0.5) is 0 Å². The number of ketones is 2. The van der Waals surface area contributed by atoms with E-state index >= 15 is 0 Å². The first kappa shape index (κ1) is 13.9. The normalized spacial score (nSPS) is 19.9. The van der Waals surface area contributed by atoms with Crippen molar-refractivity contribution < 1.29 is 19.4 Å². The average Bonchev–Trinajstić information content (AvgIpc) is 2.42. The van der Waals surface area contributed by atoms with E-state index in [-0.39, 0.29) is 34.0 Å². The molecule has 0 radical (unpaired) electrons. The number of rotatable bonds is 1. The predicted octanol–water partition coefficient (Wildman–Crippen LogP) is 3.30. The number of fused-ring (bicyclic) bond motifs is 1. The van der Waals surface area contributed by atoms with E-state index in [0.717, 1.165) is 0 Å². The molecule has 0 bridgehead atoms. The molecule has 0 fully saturated rings. The van der Waals surface area contributed by atoms with E-state index in [1.54, 1.807) is 24.3 Å². The first-order valence-corrected chi connectivity index (χ1v) is 7.29. The largest absolute Gasteiger partial charge is 0.507 e. The lowest BCUT2D eigenvalue weighted by Gasteiger charge is -2.31. The third-order valence-corrected chi connectivity index (χ3v) is 4.72. The van der Waals surface area contributed by atoms with Crippen LogP contribution in [0.15, 0.2) is 40.5 Å². The molecule has 4 nitrogen and oxygen atoms in total. The van der Waals surface area contributed by atoms with E-state index in [9.17, 15) is 14.7 Å². The Bertz CT molecular complexity index is 741. The second kappa shape index (κ2) is 4.49. The number of allylic oxidation sites excluding steroid dienone is 2. The van der Waals surface area contributed by atoms with Crippen LogP contribution in [0.5, 0.6) is 5.75 Å². The van der Waals surface area contributed by atoms with E-state index in [0.29, 0.717) is 10.7 Å². The van der Waals surface area contributed by atoms with Gasteiger partial charge in [0.15, 0.2) is 5.78 Å². The molecule has 1 aliphatic heterocycles. The van der Waals surface area contributed by atoms with Gasteiger partial charge in [-0.25, -0.2) is 0 Å². The Morgan fingerprint density at radius 3 is 2.57 bits per heavy atom. The van der Waals surface area contributed by atoms with E-state index in [1.807, 2.05) is 13.8 Å². The fourth-order valence-corrected chi connectivity index (χ4v) is 3.80. The van der Waals surface area contributed by atoms with E-state index in [2.05, 4.69) is 0 Å². The number of thioether (sulfide) groups is 1. The van der Waals surface area contributed by atoms with E-state index in [1.165, 1.54) is 18.9 Å². The van der Waals surface area contributed by atoms with Gasteiger partial charge in [-0.2, -0.15) is 0 Å². The zero-order valence-electron chi connectivity index (χ0n) is 11.9. The van der Waals surface area contributed by atoms with Crippen LogP contribution in [-0.4, -0.2) is 28.5 Å². The third-order valence-electron chi connectivity index (χ3n) is 3.48. The number of Topliss-reactive ketones (excluding diaryl/α,β-unsaturated/α-hetero) is 2. The van der Waals surface area contributed by atoms with Crippen LogP contribution in [0.25, 0.3) is 0 Å². The lowest BCUT2D eigenvalue weighted by molar-refractivity contribution is 0.0975. The number of carbonyl (C=O) groups excluding carboxylic acids is 2. The molecule has 5 heteroatoms. The number of aliphatic hydroxyl groups is 1. The minimum absolute atomic E-state index is 0.102. The quantitative estimate of drug-likeness (QED) is 0.862. The summed E-state index contributed by atoms with van der Waals surface area (Å²) >= 11 is 1.29. The van der Waals surface area contributed by atoms with Gasteiger partial charge in [0, 0.05) is 10.3 Å². The maximum atomic E-state index is 12.8. The Balaban J connectivity index is 2.26. The summed E-state index contributed by atoms with van der Waals surface area (Å²) in [6.07, 6.45) is 1.60. The predicted molar refractivity (Wildman–Crippen MR) is 81.1 cm³/mol. The summed E-state index contributed by atoms with van der Waals surface area (Å²) in [5.41, 5.74) is 0.658. The summed E-state index contributed by atoms with van der Waals surface area (Å²) in [4.78, 5) is 25.7. The van der Waals surface area contributed by atoms with Crippen molar-refractivity contribution in [1.29, 1.82) is 0 Å². The minimum atomic E-state index is -0.446. The van der Waals surface area contributed by atoms with Crippen molar-refractivity contribution >= 4 is 23.3 Å². The first-order valence-electron chi connectivity index (χ1n) is 6.47. The van der Waals surface area contributed by atoms with Gasteiger partial charge in [-0.15, -0.1) is 11.8 Å². The molecule has 1 heterocycles. The first-order chi connectivity index (χ1) is 9.85. The summed E-state index contributed by atoms with van der Waals surface area (Å²) in [7, 11) is 1.46. The van der Waals surface area contributed by atoms with Gasteiger partial charge in [-0.3, -0.25) is 9.59 Å². The van der Waals surface area contributed by atoms with Crippen molar-refractivity contribution in [2.75, 3.05) is 7.11 Å². The highest BCUT2D eigenvalue weighted by atomic mass is 32.2. The van der Waals surface area contributed by atoms with Crippen LogP contribution in [-0.2, 0) is 0 Å². The summed E-state index contributed by atoms with van der Waals surface area (Å²) in [6, 6.07) is 4.90. The van der Waals surface area contributed by atoms with E-state index in [4.69, 9.17) is 4.74 Å². The van der Waals surface area contributed by atoms with Gasteiger partial charge in [0.25, 0.3) is 0 Å². The number of ether oxygens (including phenoxy) is 1. The summed E-state index contributed by atoms with van der Waals surface area (Å²) in [6.45, 7) is 3.76. The maximum absolute atomic E-state index is 12.8. The molecule has 108 valence electrons. The van der Waals surface area contributed by atoms with Gasteiger partial charge in [0.2, 0.25) is 5.78 Å². The highest BCUT2D eigenvalue weighted by Crippen LogP contribution is 2.47. The van der Waals surface area contributed by atoms with Crippen molar-refractivity contribution in [3.63, 3.8) is 0 Å². The molecule has 21 heavy (non-hydrogen) atoms. The Labute approximate surface area is 126 Å². The highest BCUT2D eigenvalue weighted by molar-refractivity contribution is 8.05. The number of carbonyl (C=O) groups is 2. The Morgan fingerprint density at radius 1 is 1.19 bits per heavy atom. The monoisotopic (exact) mass is 302 g/mol. The molecule has 1 aromatic rings. The number of aliphatic hydroxyl groups excluding tert-OH is 1. The molecule has 1 aromatic carbocycles. The zero-order valence-corrected chi connectivity index (χ0v) is 12.7. The standard InChI is InChI=1S/C16H14O4S/c1-16(2)7-9(17)12-13(18)8-5-4-6-10(20-3)11(8)14(19)15(12)21-16/h4-7,17H,1-3H3. The van der Waals surface area contributed by atoms with Crippen molar-refractivity contribution in [3.8, 4) is 5.75 Å². The minimum Gasteiger partial charge on any atom is -0.507 e. The zero-order chi connectivity index (χ0) is 15.4. The summed E-state index contributed by atoms with van der Waals surface area (Å²) in [5.74, 6) is -0.351. The molecule has 0 spiro atoms. The van der Waals surface area contributed by atoms with Crippen molar-refractivity contribution in [2.45, 2.75) is 18.6 Å². The van der Waals surface area contributed by atoms with Crippen molar-refractivity contribution in [1.82, 2.24) is 0 Å². The van der Waals surface area contributed by atoms with Gasteiger partial charge in [-0.05, 0) is 26.0 Å². The van der Waals surface area contributed by atoms with Crippen LogP contribution >= 0.6 is 11.8 Å². The Morgan fingerprint density at radius 2 is 1.90 bits per heavy atom. The second-order valence-corrected chi connectivity index (χ2v) is 7.14. The van der Waals surface area contributed by atoms with Crippen molar-refractivity contribution in [3.05, 3.63) is 51.6 Å². The lowest BCUT2D eigenvalue weighted by atomic mass is 9.87. The van der Waals surface area contributed by atoms with Gasteiger partial charge in [-0.1, -0.05) is 12.1 Å². The number of benzene rings is 1. The van der Waals surface area contributed by atoms with Crippen LogP contribution in [0.2, 0.25) is 0 Å². The molecule has 1 aliphatic carbocycles. The summed E-state index contributed by atoms with van der Waals surface area (Å²) in [5, 5.41) is 10.2. The molecule has 0 aromatic heterocycles. The third kappa shape index (κ3) is 2.00. The number of hydrogen-bond donors (Lipinski definition) is 1. The second-order valence-electron chi connectivity index (χ2n) is 5.48. The van der Waals surface area contributed by atoms with Crippen LogP contribution < -0.4 is 4.74 Å². The molecular weight excluding hydrogens is 288 g/mol. The Hall–Kier alpha value is -2.01. The Kier molecular flexibility index (Phi) is 2.99. The lowest BCUT2D eigenvalue weighted by Crippen LogP contribution is -2.29. The number of hydrogen-bond acceptors (Lipinski definition) is 5. The molecule has 0 atom stereocenters. The molecule has 0 saturated heterocycles. The van der Waals surface area contributed by atoms with E-state index < -0.39 is 4.75 Å². The van der Waals surface area contributed by atoms with Crippen LogP contribution in [0.1, 0.15) is 34.6 Å². The molecule has 0 amide bonds. The van der Waals surface area contributed by atoms with Gasteiger partial charge in [0.1, 0.15) is 11.5 Å². The maximum Gasteiger partial charge on any atom is 0.204 e. The summed E-state index contributed by atoms with van der Waals surface area (Å²) < 4.78 is 4.76. The molecule has 0 saturated carbocycles. The van der Waals surface area contributed by atoms with Gasteiger partial charge >= 0.3 is 0 Å². The molecule has 3 rings (SSSR count). The molecular formula is C16H14O4S. The molecule has 1 N–H and O–H groups in total. The topological polar surface area (TPSA) is 63.6 Å². The smallest absolute Gasteiger partial charge is 0.204 e. The number of methoxy groups -OCH3 is 1. The molecule has 0 unspecified atom stereocenters. The highest BCUT2D eigenvalue weighted by Gasteiger charge is 2.41.